The summed E-state index contributed by atoms with van der Waals surface area (Å²) in [6, 6.07) is 0.368. The van der Waals surface area contributed by atoms with Crippen LogP contribution in [0, 0.1) is 12.8 Å². The maximum Gasteiger partial charge on any atom is 0.0797 e. The van der Waals surface area contributed by atoms with Gasteiger partial charge in [-0.05, 0) is 19.3 Å². The molecular weight excluding hydrogens is 242 g/mol. The van der Waals surface area contributed by atoms with Gasteiger partial charge >= 0.3 is 0 Å². The SMILES string of the molecule is Cc1ncsc1CCN1CC(C)C(N)C1.Cl. The Morgan fingerprint density at radius 2 is 2.31 bits per heavy atom. The van der Waals surface area contributed by atoms with E-state index in [-0.39, 0.29) is 12.4 Å². The lowest BCUT2D eigenvalue weighted by Gasteiger charge is -2.14. The smallest absolute Gasteiger partial charge is 0.0797 e. The Bertz CT molecular complexity index is 319. The lowest BCUT2D eigenvalue weighted by atomic mass is 10.1. The van der Waals surface area contributed by atoms with Gasteiger partial charge in [-0.2, -0.15) is 0 Å². The van der Waals surface area contributed by atoms with Gasteiger partial charge in [-0.3, -0.25) is 0 Å². The fourth-order valence-electron chi connectivity index (χ4n) is 2.10. The van der Waals surface area contributed by atoms with Crippen molar-refractivity contribution in [2.24, 2.45) is 11.7 Å². The minimum atomic E-state index is 0. The molecule has 2 unspecified atom stereocenters. The van der Waals surface area contributed by atoms with Gasteiger partial charge in [-0.1, -0.05) is 6.92 Å². The third-order valence-corrected chi connectivity index (χ3v) is 4.24. The first-order valence-corrected chi connectivity index (χ1v) is 6.41. The topological polar surface area (TPSA) is 42.2 Å². The van der Waals surface area contributed by atoms with Gasteiger partial charge in [0.15, 0.2) is 0 Å². The summed E-state index contributed by atoms with van der Waals surface area (Å²) in [5, 5.41) is 0. The van der Waals surface area contributed by atoms with E-state index in [2.05, 4.69) is 23.7 Å². The molecule has 0 amide bonds. The first-order chi connectivity index (χ1) is 7.16. The summed E-state index contributed by atoms with van der Waals surface area (Å²) in [4.78, 5) is 8.15. The Hall–Kier alpha value is -0.160. The zero-order chi connectivity index (χ0) is 10.8. The molecule has 0 aromatic carbocycles. The molecule has 1 aromatic rings. The van der Waals surface area contributed by atoms with Gasteiger partial charge < -0.3 is 10.6 Å². The molecule has 0 radical (unpaired) electrons. The Morgan fingerprint density at radius 3 is 2.81 bits per heavy atom. The monoisotopic (exact) mass is 261 g/mol. The highest BCUT2D eigenvalue weighted by molar-refractivity contribution is 7.09. The largest absolute Gasteiger partial charge is 0.326 e. The summed E-state index contributed by atoms with van der Waals surface area (Å²) in [5.41, 5.74) is 9.12. The summed E-state index contributed by atoms with van der Waals surface area (Å²) in [6.07, 6.45) is 1.12. The van der Waals surface area contributed by atoms with Crippen LogP contribution in [-0.4, -0.2) is 35.6 Å². The van der Waals surface area contributed by atoms with E-state index in [1.807, 2.05) is 5.51 Å². The molecule has 1 aromatic heterocycles. The van der Waals surface area contributed by atoms with Gasteiger partial charge in [-0.15, -0.1) is 23.7 Å². The van der Waals surface area contributed by atoms with E-state index < -0.39 is 0 Å². The van der Waals surface area contributed by atoms with Crippen LogP contribution in [-0.2, 0) is 6.42 Å². The number of hydrogen-bond acceptors (Lipinski definition) is 4. The molecule has 2 heterocycles. The van der Waals surface area contributed by atoms with Crippen LogP contribution in [0.3, 0.4) is 0 Å². The number of aryl methyl sites for hydroxylation is 1. The zero-order valence-electron chi connectivity index (χ0n) is 9.85. The Balaban J connectivity index is 0.00000128. The maximum absolute atomic E-state index is 6.00. The minimum absolute atomic E-state index is 0. The van der Waals surface area contributed by atoms with Crippen LogP contribution >= 0.6 is 23.7 Å². The van der Waals surface area contributed by atoms with Gasteiger partial charge in [0.25, 0.3) is 0 Å². The van der Waals surface area contributed by atoms with Crippen LogP contribution < -0.4 is 5.73 Å². The molecule has 16 heavy (non-hydrogen) atoms. The van der Waals surface area contributed by atoms with Gasteiger partial charge in [0, 0.05) is 30.6 Å². The van der Waals surface area contributed by atoms with E-state index in [0.717, 1.165) is 26.1 Å². The number of halogens is 1. The highest BCUT2D eigenvalue weighted by Crippen LogP contribution is 2.17. The fraction of sp³-hybridized carbons (Fsp3) is 0.727. The van der Waals surface area contributed by atoms with Crippen molar-refractivity contribution in [3.05, 3.63) is 16.1 Å². The summed E-state index contributed by atoms with van der Waals surface area (Å²) in [6.45, 7) is 7.66. The third-order valence-electron chi connectivity index (χ3n) is 3.25. The van der Waals surface area contributed by atoms with Crippen LogP contribution in [0.2, 0.25) is 0 Å². The van der Waals surface area contributed by atoms with E-state index in [1.165, 1.54) is 10.6 Å². The molecular formula is C11H20ClN3S. The number of hydrogen-bond donors (Lipinski definition) is 1. The summed E-state index contributed by atoms with van der Waals surface area (Å²) < 4.78 is 0. The second kappa shape index (κ2) is 5.96. The Morgan fingerprint density at radius 1 is 1.56 bits per heavy atom. The Kier molecular flexibility index (Phi) is 5.18. The van der Waals surface area contributed by atoms with Crippen molar-refractivity contribution in [3.8, 4) is 0 Å². The average molecular weight is 262 g/mol. The number of thiazole rings is 1. The first kappa shape index (κ1) is 13.9. The quantitative estimate of drug-likeness (QED) is 0.901. The number of rotatable bonds is 3. The average Bonchev–Trinajstić information content (AvgIpc) is 2.72. The molecule has 0 bridgehead atoms. The molecule has 1 fully saturated rings. The van der Waals surface area contributed by atoms with Crippen molar-refractivity contribution in [2.75, 3.05) is 19.6 Å². The lowest BCUT2D eigenvalue weighted by molar-refractivity contribution is 0.331. The standard InChI is InChI=1S/C11H19N3S.ClH/c1-8-5-14(6-10(8)12)4-3-11-9(2)13-7-15-11;/h7-8,10H,3-6,12H2,1-2H3;1H. The highest BCUT2D eigenvalue weighted by atomic mass is 35.5. The molecule has 2 N–H and O–H groups in total. The van der Waals surface area contributed by atoms with E-state index in [9.17, 15) is 0 Å². The number of aromatic nitrogens is 1. The van der Waals surface area contributed by atoms with Gasteiger partial charge in [0.1, 0.15) is 0 Å². The van der Waals surface area contributed by atoms with Crippen LogP contribution in [0.4, 0.5) is 0 Å². The third kappa shape index (κ3) is 3.17. The molecule has 2 atom stereocenters. The van der Waals surface area contributed by atoms with Gasteiger partial charge in [0.2, 0.25) is 0 Å². The molecule has 1 aliphatic heterocycles. The molecule has 2 rings (SSSR count). The van der Waals surface area contributed by atoms with Crippen molar-refractivity contribution < 1.29 is 0 Å². The van der Waals surface area contributed by atoms with Crippen LogP contribution in [0.5, 0.6) is 0 Å². The summed E-state index contributed by atoms with van der Waals surface area (Å²) in [5.74, 6) is 0.646. The second-order valence-electron chi connectivity index (χ2n) is 4.51. The lowest BCUT2D eigenvalue weighted by Crippen LogP contribution is -2.29. The Labute approximate surface area is 107 Å². The van der Waals surface area contributed by atoms with E-state index in [4.69, 9.17) is 5.73 Å². The minimum Gasteiger partial charge on any atom is -0.326 e. The molecule has 92 valence electrons. The van der Waals surface area contributed by atoms with Crippen molar-refractivity contribution >= 4 is 23.7 Å². The predicted octanol–water partition coefficient (Wildman–Crippen LogP) is 1.69. The fourth-order valence-corrected chi connectivity index (χ4v) is 2.87. The molecule has 0 saturated carbocycles. The first-order valence-electron chi connectivity index (χ1n) is 5.53. The molecule has 3 nitrogen and oxygen atoms in total. The van der Waals surface area contributed by atoms with Crippen molar-refractivity contribution in [1.82, 2.24) is 9.88 Å². The molecule has 0 aliphatic carbocycles. The van der Waals surface area contributed by atoms with Crippen molar-refractivity contribution in [1.29, 1.82) is 0 Å². The zero-order valence-corrected chi connectivity index (χ0v) is 11.5. The summed E-state index contributed by atoms with van der Waals surface area (Å²) in [7, 11) is 0. The predicted molar refractivity (Wildman–Crippen MR) is 71.4 cm³/mol. The number of nitrogens with zero attached hydrogens (tertiary/aromatic N) is 2. The van der Waals surface area contributed by atoms with E-state index in [0.29, 0.717) is 12.0 Å². The molecule has 0 spiro atoms. The van der Waals surface area contributed by atoms with E-state index in [1.54, 1.807) is 11.3 Å². The van der Waals surface area contributed by atoms with Crippen LogP contribution in [0.15, 0.2) is 5.51 Å². The van der Waals surface area contributed by atoms with Crippen molar-refractivity contribution in [3.63, 3.8) is 0 Å². The maximum atomic E-state index is 6.00. The molecule has 1 saturated heterocycles. The van der Waals surface area contributed by atoms with E-state index >= 15 is 0 Å². The van der Waals surface area contributed by atoms with Gasteiger partial charge in [0.05, 0.1) is 11.2 Å². The molecule has 5 heteroatoms. The second-order valence-corrected chi connectivity index (χ2v) is 5.45. The number of nitrogens with two attached hydrogens (primary N) is 1. The van der Waals surface area contributed by atoms with Crippen LogP contribution in [0.25, 0.3) is 0 Å². The van der Waals surface area contributed by atoms with Crippen LogP contribution in [0.1, 0.15) is 17.5 Å². The van der Waals surface area contributed by atoms with Gasteiger partial charge in [-0.25, -0.2) is 4.98 Å². The summed E-state index contributed by atoms with van der Waals surface area (Å²) >= 11 is 1.77. The normalized spacial score (nSPS) is 25.7. The molecule has 1 aliphatic rings. The van der Waals surface area contributed by atoms with Crippen molar-refractivity contribution in [2.45, 2.75) is 26.3 Å². The highest BCUT2D eigenvalue weighted by Gasteiger charge is 2.25. The number of likely N-dealkylation sites (tertiary alicyclic amines) is 1.